The number of nitrogens with one attached hydrogen (secondary N) is 2. The number of amides is 2. The smallest absolute Gasteiger partial charge is 0.408 e. The van der Waals surface area contributed by atoms with Crippen molar-refractivity contribution in [3.05, 3.63) is 59.7 Å². The largest absolute Gasteiger partial charge is 0.481 e. The van der Waals surface area contributed by atoms with Gasteiger partial charge in [0.15, 0.2) is 0 Å². The molecule has 2 aliphatic rings. The van der Waals surface area contributed by atoms with Gasteiger partial charge < -0.3 is 20.5 Å². The third kappa shape index (κ3) is 5.34. The van der Waals surface area contributed by atoms with E-state index in [1.54, 1.807) is 6.92 Å². The van der Waals surface area contributed by atoms with E-state index >= 15 is 0 Å². The van der Waals surface area contributed by atoms with Crippen LogP contribution in [0.25, 0.3) is 11.1 Å². The summed E-state index contributed by atoms with van der Waals surface area (Å²) in [6, 6.07) is 16.1. The second-order valence-electron chi connectivity index (χ2n) is 9.90. The van der Waals surface area contributed by atoms with Crippen molar-refractivity contribution < 1.29 is 24.2 Å². The minimum absolute atomic E-state index is 0.0606. The summed E-state index contributed by atoms with van der Waals surface area (Å²) in [6.07, 6.45) is 3.04. The summed E-state index contributed by atoms with van der Waals surface area (Å²) < 4.78 is 5.66. The minimum Gasteiger partial charge on any atom is -0.481 e. The van der Waals surface area contributed by atoms with E-state index in [1.165, 1.54) is 0 Å². The maximum atomic E-state index is 13.2. The lowest BCUT2D eigenvalue weighted by Crippen LogP contribution is -2.59. The zero-order valence-electron chi connectivity index (χ0n) is 20.4. The van der Waals surface area contributed by atoms with Crippen molar-refractivity contribution in [2.75, 3.05) is 6.61 Å². The zero-order valence-corrected chi connectivity index (χ0v) is 20.4. The normalized spacial score (nSPS) is 20.7. The van der Waals surface area contributed by atoms with Gasteiger partial charge >= 0.3 is 12.1 Å². The van der Waals surface area contributed by atoms with Crippen LogP contribution in [0.5, 0.6) is 0 Å². The van der Waals surface area contributed by atoms with Gasteiger partial charge in [0.2, 0.25) is 5.91 Å². The highest BCUT2D eigenvalue weighted by molar-refractivity contribution is 5.90. The number of rotatable bonds is 8. The number of benzene rings is 2. The Hall–Kier alpha value is -3.35. The highest BCUT2D eigenvalue weighted by Crippen LogP contribution is 2.44. The molecule has 2 aromatic carbocycles. The van der Waals surface area contributed by atoms with Gasteiger partial charge in [-0.25, -0.2) is 4.79 Å². The van der Waals surface area contributed by atoms with Crippen molar-refractivity contribution in [1.82, 2.24) is 10.6 Å². The van der Waals surface area contributed by atoms with Crippen LogP contribution in [0.15, 0.2) is 48.5 Å². The lowest BCUT2D eigenvalue weighted by atomic mass is 9.85. The van der Waals surface area contributed by atoms with Gasteiger partial charge in [-0.15, -0.1) is 0 Å². The van der Waals surface area contributed by atoms with Crippen LogP contribution in [-0.4, -0.2) is 41.3 Å². The molecule has 0 heterocycles. The molecule has 4 rings (SSSR count). The van der Waals surface area contributed by atoms with Crippen LogP contribution in [0.2, 0.25) is 0 Å². The van der Waals surface area contributed by atoms with E-state index in [4.69, 9.17) is 4.74 Å². The molecule has 3 N–H and O–H groups in total. The van der Waals surface area contributed by atoms with Gasteiger partial charge in [0.25, 0.3) is 0 Å². The molecule has 2 aromatic rings. The Kier molecular flexibility index (Phi) is 7.43. The molecule has 0 aliphatic heterocycles. The Labute approximate surface area is 206 Å². The molecular formula is C28H34N2O5. The van der Waals surface area contributed by atoms with Crippen LogP contribution in [0.3, 0.4) is 0 Å². The number of carbonyl (C=O) groups is 3. The van der Waals surface area contributed by atoms with E-state index in [2.05, 4.69) is 34.9 Å². The topological polar surface area (TPSA) is 105 Å². The fraction of sp³-hybridized carbons (Fsp3) is 0.464. The van der Waals surface area contributed by atoms with Crippen LogP contribution >= 0.6 is 0 Å². The van der Waals surface area contributed by atoms with E-state index < -0.39 is 23.5 Å². The molecule has 7 heteroatoms. The molecule has 186 valence electrons. The molecule has 3 atom stereocenters. The summed E-state index contributed by atoms with van der Waals surface area (Å²) in [5.74, 6) is -1.63. The van der Waals surface area contributed by atoms with Gasteiger partial charge in [-0.1, -0.05) is 68.3 Å². The summed E-state index contributed by atoms with van der Waals surface area (Å²) in [5.41, 5.74) is 3.41. The molecule has 0 saturated heterocycles. The summed E-state index contributed by atoms with van der Waals surface area (Å²) in [5, 5.41) is 15.1. The van der Waals surface area contributed by atoms with Crippen molar-refractivity contribution in [2.24, 2.45) is 5.92 Å². The average molecular weight is 479 g/mol. The third-order valence-corrected chi connectivity index (χ3v) is 7.33. The summed E-state index contributed by atoms with van der Waals surface area (Å²) in [4.78, 5) is 37.4. The monoisotopic (exact) mass is 478 g/mol. The zero-order chi connectivity index (χ0) is 25.0. The number of alkyl carbamates (subject to hydrolysis) is 1. The highest BCUT2D eigenvalue weighted by Gasteiger charge is 2.38. The van der Waals surface area contributed by atoms with Crippen LogP contribution in [-0.2, 0) is 14.3 Å². The minimum atomic E-state index is -1.15. The van der Waals surface area contributed by atoms with Gasteiger partial charge in [-0.05, 0) is 54.9 Å². The second-order valence-corrected chi connectivity index (χ2v) is 9.90. The van der Waals surface area contributed by atoms with Gasteiger partial charge in [0.05, 0.1) is 5.92 Å². The summed E-state index contributed by atoms with van der Waals surface area (Å²) in [6.45, 7) is 3.82. The Balaban J connectivity index is 1.40. The summed E-state index contributed by atoms with van der Waals surface area (Å²) >= 11 is 0. The molecule has 7 nitrogen and oxygen atoms in total. The van der Waals surface area contributed by atoms with Crippen LogP contribution in [0, 0.1) is 5.92 Å². The first-order valence-corrected chi connectivity index (χ1v) is 12.5. The maximum Gasteiger partial charge on any atom is 0.408 e. The summed E-state index contributed by atoms with van der Waals surface area (Å²) in [7, 11) is 0. The lowest BCUT2D eigenvalue weighted by Gasteiger charge is -2.33. The van der Waals surface area contributed by atoms with Gasteiger partial charge in [-0.3, -0.25) is 9.59 Å². The molecule has 1 fully saturated rings. The number of hydrogen-bond donors (Lipinski definition) is 3. The van der Waals surface area contributed by atoms with Gasteiger partial charge in [-0.2, -0.15) is 0 Å². The molecule has 0 bridgehead atoms. The van der Waals surface area contributed by atoms with Crippen molar-refractivity contribution in [1.29, 1.82) is 0 Å². The Morgan fingerprint density at radius 2 is 1.66 bits per heavy atom. The van der Waals surface area contributed by atoms with E-state index in [9.17, 15) is 19.5 Å². The Morgan fingerprint density at radius 1 is 1.03 bits per heavy atom. The predicted octanol–water partition coefficient (Wildman–Crippen LogP) is 4.84. The van der Waals surface area contributed by atoms with Gasteiger partial charge in [0.1, 0.15) is 12.1 Å². The second kappa shape index (κ2) is 10.5. The average Bonchev–Trinajstić information content (AvgIpc) is 3.16. The molecule has 0 aromatic heterocycles. The van der Waals surface area contributed by atoms with E-state index in [0.717, 1.165) is 35.1 Å². The Bertz CT molecular complexity index is 1050. The number of aliphatic carboxylic acids is 1. The molecule has 1 saturated carbocycles. The van der Waals surface area contributed by atoms with Crippen molar-refractivity contribution in [2.45, 2.75) is 69.9 Å². The Morgan fingerprint density at radius 3 is 2.26 bits per heavy atom. The number of fused-ring (bicyclic) bond motifs is 3. The number of ether oxygens (including phenoxy) is 1. The molecule has 0 radical (unpaired) electrons. The number of carboxylic acid groups (broad SMARTS) is 1. The standard InChI is InChI=1S/C28H34N2O5/c1-3-15-28(2,26(33)29-19-10-8-9-18(16-19)25(31)32)30-27(34)35-17-24-22-13-6-4-11-20(22)21-12-5-7-14-23(21)24/h4-7,11-14,18-19,24H,3,8-10,15-17H2,1-2H3,(H,29,33)(H,30,34)(H,31,32)/t18-,19+,28?/m0/s1. The molecule has 0 spiro atoms. The van der Waals surface area contributed by atoms with Crippen molar-refractivity contribution in [3.63, 3.8) is 0 Å². The van der Waals surface area contributed by atoms with Crippen LogP contribution < -0.4 is 10.6 Å². The van der Waals surface area contributed by atoms with Crippen LogP contribution in [0.4, 0.5) is 4.79 Å². The predicted molar refractivity (Wildman–Crippen MR) is 133 cm³/mol. The molecule has 2 aliphatic carbocycles. The lowest BCUT2D eigenvalue weighted by molar-refractivity contribution is -0.143. The van der Waals surface area contributed by atoms with E-state index in [1.807, 2.05) is 31.2 Å². The van der Waals surface area contributed by atoms with Crippen molar-refractivity contribution >= 4 is 18.0 Å². The maximum absolute atomic E-state index is 13.2. The molecule has 1 unspecified atom stereocenters. The first-order chi connectivity index (χ1) is 16.8. The molecule has 2 amide bonds. The number of carboxylic acids is 1. The van der Waals surface area contributed by atoms with Gasteiger partial charge in [0, 0.05) is 12.0 Å². The quantitative estimate of drug-likeness (QED) is 0.503. The molecular weight excluding hydrogens is 444 g/mol. The first-order valence-electron chi connectivity index (χ1n) is 12.5. The fourth-order valence-corrected chi connectivity index (χ4v) is 5.48. The first kappa shape index (κ1) is 24.8. The fourth-order valence-electron chi connectivity index (χ4n) is 5.48. The number of carbonyl (C=O) groups excluding carboxylic acids is 2. The van der Waals surface area contributed by atoms with Crippen molar-refractivity contribution in [3.8, 4) is 11.1 Å². The third-order valence-electron chi connectivity index (χ3n) is 7.33. The number of hydrogen-bond acceptors (Lipinski definition) is 4. The van der Waals surface area contributed by atoms with Crippen LogP contribution in [0.1, 0.15) is 69.4 Å². The highest BCUT2D eigenvalue weighted by atomic mass is 16.5. The van der Waals surface area contributed by atoms with E-state index in [-0.39, 0.29) is 24.5 Å². The molecule has 35 heavy (non-hydrogen) atoms. The van der Waals surface area contributed by atoms with E-state index in [0.29, 0.717) is 25.7 Å². The SMILES string of the molecule is CCCC(C)(NC(=O)OCC1c2ccccc2-c2ccccc21)C(=O)N[C@@H]1CCC[C@H](C(=O)O)C1.